The minimum Gasteiger partial charge on any atom is -0.377 e. The maximum Gasteiger partial charge on any atom is 0.216 e. The number of ether oxygens (including phenoxy) is 1. The van der Waals surface area contributed by atoms with Gasteiger partial charge < -0.3 is 10.1 Å². The summed E-state index contributed by atoms with van der Waals surface area (Å²) in [6.07, 6.45) is 6.38. The topological polar surface area (TPSA) is 58.6 Å². The van der Waals surface area contributed by atoms with Crippen LogP contribution in [0.5, 0.6) is 0 Å². The first-order chi connectivity index (χ1) is 9.13. The molecule has 3 fully saturated rings. The molecule has 3 unspecified atom stereocenters. The highest BCUT2D eigenvalue weighted by Gasteiger charge is 2.36. The van der Waals surface area contributed by atoms with Gasteiger partial charge in [-0.2, -0.15) is 4.31 Å². The lowest BCUT2D eigenvalue weighted by atomic mass is 9.96. The summed E-state index contributed by atoms with van der Waals surface area (Å²) in [6.45, 7) is 2.00. The number of piperazine rings is 1. The van der Waals surface area contributed by atoms with Crippen molar-refractivity contribution in [3.05, 3.63) is 0 Å². The molecule has 19 heavy (non-hydrogen) atoms. The van der Waals surface area contributed by atoms with Gasteiger partial charge >= 0.3 is 0 Å². The molecule has 3 heterocycles. The Morgan fingerprint density at radius 3 is 2.42 bits per heavy atom. The standard InChI is InChI=1S/C13H24N2O3S/c16-19(17,10-13-6-1-2-7-18-13)15-8-11-4-3-5-12(9-15)14-11/h11-14H,1-10H2. The molecule has 0 aromatic carbocycles. The van der Waals surface area contributed by atoms with Crippen molar-refractivity contribution in [1.29, 1.82) is 0 Å². The fourth-order valence-corrected chi connectivity index (χ4v) is 5.23. The Balaban J connectivity index is 1.62. The number of hydrogen-bond donors (Lipinski definition) is 1. The van der Waals surface area contributed by atoms with E-state index in [4.69, 9.17) is 4.74 Å². The molecule has 0 aliphatic carbocycles. The molecule has 0 spiro atoms. The third-order valence-electron chi connectivity index (χ3n) is 4.49. The first-order valence-electron chi connectivity index (χ1n) is 7.49. The Hall–Kier alpha value is -0.170. The van der Waals surface area contributed by atoms with Crippen molar-refractivity contribution in [2.24, 2.45) is 0 Å². The van der Waals surface area contributed by atoms with Crippen molar-refractivity contribution in [1.82, 2.24) is 9.62 Å². The smallest absolute Gasteiger partial charge is 0.216 e. The molecule has 0 radical (unpaired) electrons. The average molecular weight is 288 g/mol. The number of hydrogen-bond acceptors (Lipinski definition) is 4. The SMILES string of the molecule is O=S(=O)(CC1CCCCO1)N1CC2CCCC(C1)N2. The number of nitrogens with zero attached hydrogens (tertiary/aromatic N) is 1. The third-order valence-corrected chi connectivity index (χ3v) is 6.37. The lowest BCUT2D eigenvalue weighted by Gasteiger charge is -2.42. The molecule has 3 aliphatic heterocycles. The van der Waals surface area contributed by atoms with Crippen LogP contribution < -0.4 is 5.32 Å². The second-order valence-corrected chi connectivity index (χ2v) is 8.09. The van der Waals surface area contributed by atoms with Crippen molar-refractivity contribution >= 4 is 10.0 Å². The van der Waals surface area contributed by atoms with Crippen LogP contribution in [0, 0.1) is 0 Å². The van der Waals surface area contributed by atoms with Crippen LogP contribution in [-0.4, -0.2) is 56.4 Å². The van der Waals surface area contributed by atoms with E-state index in [0.29, 0.717) is 31.8 Å². The van der Waals surface area contributed by atoms with Gasteiger partial charge in [0, 0.05) is 31.8 Å². The Morgan fingerprint density at radius 1 is 1.05 bits per heavy atom. The van der Waals surface area contributed by atoms with E-state index in [-0.39, 0.29) is 11.9 Å². The zero-order valence-corrected chi connectivity index (χ0v) is 12.2. The first kappa shape index (κ1) is 13.8. The van der Waals surface area contributed by atoms with Gasteiger partial charge in [-0.1, -0.05) is 6.42 Å². The summed E-state index contributed by atoms with van der Waals surface area (Å²) in [7, 11) is -3.16. The quantitative estimate of drug-likeness (QED) is 0.831. The molecule has 0 aromatic rings. The molecule has 3 aliphatic rings. The molecule has 3 saturated heterocycles. The molecule has 5 nitrogen and oxygen atoms in total. The molecular weight excluding hydrogens is 264 g/mol. The molecule has 0 amide bonds. The van der Waals surface area contributed by atoms with E-state index >= 15 is 0 Å². The third kappa shape index (κ3) is 3.29. The summed E-state index contributed by atoms with van der Waals surface area (Å²) in [5.41, 5.74) is 0. The van der Waals surface area contributed by atoms with Crippen molar-refractivity contribution in [2.45, 2.75) is 56.7 Å². The predicted molar refractivity (Wildman–Crippen MR) is 73.5 cm³/mol. The molecule has 110 valence electrons. The van der Waals surface area contributed by atoms with E-state index in [0.717, 1.165) is 32.1 Å². The van der Waals surface area contributed by atoms with Gasteiger partial charge in [0.05, 0.1) is 11.9 Å². The molecular formula is C13H24N2O3S. The largest absolute Gasteiger partial charge is 0.377 e. The van der Waals surface area contributed by atoms with Gasteiger partial charge in [0.1, 0.15) is 0 Å². The van der Waals surface area contributed by atoms with Gasteiger partial charge in [-0.15, -0.1) is 0 Å². The van der Waals surface area contributed by atoms with Crippen LogP contribution in [0.1, 0.15) is 38.5 Å². The lowest BCUT2D eigenvalue weighted by molar-refractivity contribution is 0.0295. The minimum absolute atomic E-state index is 0.0894. The number of piperidine rings is 1. The summed E-state index contributed by atoms with van der Waals surface area (Å²) in [5.74, 6) is 0.173. The highest BCUT2D eigenvalue weighted by Crippen LogP contribution is 2.23. The summed E-state index contributed by atoms with van der Waals surface area (Å²) < 4.78 is 32.3. The number of sulfonamides is 1. The van der Waals surface area contributed by atoms with E-state index < -0.39 is 10.0 Å². The van der Waals surface area contributed by atoms with Gasteiger partial charge in [0.2, 0.25) is 10.0 Å². The van der Waals surface area contributed by atoms with Gasteiger partial charge in [-0.25, -0.2) is 8.42 Å². The van der Waals surface area contributed by atoms with Gasteiger partial charge in [-0.05, 0) is 32.1 Å². The van der Waals surface area contributed by atoms with Crippen LogP contribution in [-0.2, 0) is 14.8 Å². The van der Waals surface area contributed by atoms with Crippen molar-refractivity contribution < 1.29 is 13.2 Å². The summed E-state index contributed by atoms with van der Waals surface area (Å²) in [4.78, 5) is 0. The second kappa shape index (κ2) is 5.68. The maximum absolute atomic E-state index is 12.5. The Kier molecular flexibility index (Phi) is 4.12. The Morgan fingerprint density at radius 2 is 1.79 bits per heavy atom. The zero-order chi connectivity index (χ0) is 13.3. The van der Waals surface area contributed by atoms with Gasteiger partial charge in [-0.3, -0.25) is 0 Å². The average Bonchev–Trinajstić information content (AvgIpc) is 2.39. The number of nitrogens with one attached hydrogen (secondary N) is 1. The Bertz CT molecular complexity index is 394. The van der Waals surface area contributed by atoms with Crippen molar-refractivity contribution in [3.63, 3.8) is 0 Å². The fraction of sp³-hybridized carbons (Fsp3) is 1.00. The van der Waals surface area contributed by atoms with Crippen LogP contribution in [0.25, 0.3) is 0 Å². The molecule has 3 rings (SSSR count). The summed E-state index contributed by atoms with van der Waals surface area (Å²) in [6, 6.07) is 0.712. The second-order valence-electron chi connectivity index (χ2n) is 6.08. The Labute approximate surface area is 115 Å². The maximum atomic E-state index is 12.5. The first-order valence-corrected chi connectivity index (χ1v) is 9.10. The van der Waals surface area contributed by atoms with Crippen molar-refractivity contribution in [3.8, 4) is 0 Å². The van der Waals surface area contributed by atoms with E-state index in [9.17, 15) is 8.42 Å². The van der Waals surface area contributed by atoms with Crippen LogP contribution in [0.3, 0.4) is 0 Å². The zero-order valence-electron chi connectivity index (χ0n) is 11.4. The van der Waals surface area contributed by atoms with E-state index in [1.54, 1.807) is 4.31 Å². The van der Waals surface area contributed by atoms with Crippen LogP contribution >= 0.6 is 0 Å². The summed E-state index contributed by atoms with van der Waals surface area (Å²) >= 11 is 0. The highest BCUT2D eigenvalue weighted by molar-refractivity contribution is 7.89. The van der Waals surface area contributed by atoms with Gasteiger partial charge in [0.25, 0.3) is 0 Å². The van der Waals surface area contributed by atoms with E-state index in [2.05, 4.69) is 5.32 Å². The predicted octanol–water partition coefficient (Wildman–Crippen LogP) is 0.712. The van der Waals surface area contributed by atoms with Crippen LogP contribution in [0.2, 0.25) is 0 Å². The molecule has 0 saturated carbocycles. The molecule has 2 bridgehead atoms. The number of fused-ring (bicyclic) bond motifs is 2. The number of rotatable bonds is 3. The lowest BCUT2D eigenvalue weighted by Crippen LogP contribution is -2.60. The monoisotopic (exact) mass is 288 g/mol. The molecule has 0 aromatic heterocycles. The molecule has 1 N–H and O–H groups in total. The summed E-state index contributed by atoms with van der Waals surface area (Å²) in [5, 5.41) is 3.52. The normalized spacial score (nSPS) is 37.2. The fourth-order valence-electron chi connectivity index (χ4n) is 3.47. The highest BCUT2D eigenvalue weighted by atomic mass is 32.2. The van der Waals surface area contributed by atoms with Crippen LogP contribution in [0.4, 0.5) is 0 Å². The minimum atomic E-state index is -3.16. The molecule has 3 atom stereocenters. The van der Waals surface area contributed by atoms with E-state index in [1.165, 1.54) is 6.42 Å². The molecule has 6 heteroatoms. The van der Waals surface area contributed by atoms with Gasteiger partial charge in [0.15, 0.2) is 0 Å². The van der Waals surface area contributed by atoms with Crippen molar-refractivity contribution in [2.75, 3.05) is 25.4 Å². The van der Waals surface area contributed by atoms with E-state index in [1.807, 2.05) is 0 Å². The van der Waals surface area contributed by atoms with Crippen LogP contribution in [0.15, 0.2) is 0 Å².